The van der Waals surface area contributed by atoms with Crippen molar-refractivity contribution in [3.8, 4) is 0 Å². The SMILES string of the molecule is Cc1cccc(C(=O)O)c1NC(=O)c1cn(C)nc1C. The number of hydrogen-bond acceptors (Lipinski definition) is 3. The number of aryl methyl sites for hydroxylation is 3. The highest BCUT2D eigenvalue weighted by Gasteiger charge is 2.17. The van der Waals surface area contributed by atoms with Gasteiger partial charge in [0, 0.05) is 13.2 Å². The Morgan fingerprint density at radius 1 is 1.25 bits per heavy atom. The van der Waals surface area contributed by atoms with Crippen molar-refractivity contribution in [2.75, 3.05) is 5.32 Å². The van der Waals surface area contributed by atoms with Gasteiger partial charge in [-0.3, -0.25) is 9.48 Å². The molecule has 1 amide bonds. The van der Waals surface area contributed by atoms with E-state index in [0.29, 0.717) is 22.5 Å². The van der Waals surface area contributed by atoms with E-state index < -0.39 is 5.97 Å². The molecule has 6 heteroatoms. The van der Waals surface area contributed by atoms with Crippen LogP contribution in [0.2, 0.25) is 0 Å². The van der Waals surface area contributed by atoms with Crippen LogP contribution in [0.5, 0.6) is 0 Å². The van der Waals surface area contributed by atoms with E-state index in [1.54, 1.807) is 43.9 Å². The smallest absolute Gasteiger partial charge is 0.337 e. The maximum absolute atomic E-state index is 12.2. The zero-order chi connectivity index (χ0) is 14.9. The van der Waals surface area contributed by atoms with E-state index in [9.17, 15) is 9.59 Å². The third kappa shape index (κ3) is 2.54. The van der Waals surface area contributed by atoms with Crippen molar-refractivity contribution >= 4 is 17.6 Å². The first-order chi connectivity index (χ1) is 9.40. The number of nitrogens with one attached hydrogen (secondary N) is 1. The van der Waals surface area contributed by atoms with E-state index in [4.69, 9.17) is 5.11 Å². The molecule has 1 heterocycles. The second-order valence-corrected chi connectivity index (χ2v) is 4.56. The molecule has 0 aliphatic heterocycles. The molecule has 0 saturated carbocycles. The topological polar surface area (TPSA) is 84.2 Å². The summed E-state index contributed by atoms with van der Waals surface area (Å²) in [5, 5.41) is 15.9. The lowest BCUT2D eigenvalue weighted by atomic mass is 10.1. The highest BCUT2D eigenvalue weighted by molar-refractivity contribution is 6.08. The number of benzene rings is 1. The number of amides is 1. The van der Waals surface area contributed by atoms with Crippen LogP contribution >= 0.6 is 0 Å². The lowest BCUT2D eigenvalue weighted by Gasteiger charge is -2.11. The van der Waals surface area contributed by atoms with Gasteiger partial charge in [0.05, 0.1) is 22.5 Å². The van der Waals surface area contributed by atoms with Gasteiger partial charge in [-0.15, -0.1) is 0 Å². The molecule has 0 spiro atoms. The molecule has 104 valence electrons. The predicted molar refractivity (Wildman–Crippen MR) is 74.0 cm³/mol. The quantitative estimate of drug-likeness (QED) is 0.895. The minimum absolute atomic E-state index is 0.0693. The zero-order valence-corrected chi connectivity index (χ0v) is 11.5. The molecule has 1 aromatic heterocycles. The lowest BCUT2D eigenvalue weighted by molar-refractivity contribution is 0.0698. The van der Waals surface area contributed by atoms with Crippen LogP contribution in [0, 0.1) is 13.8 Å². The highest BCUT2D eigenvalue weighted by Crippen LogP contribution is 2.21. The molecule has 6 nitrogen and oxygen atoms in total. The molecule has 0 aliphatic rings. The number of nitrogens with zero attached hydrogens (tertiary/aromatic N) is 2. The van der Waals surface area contributed by atoms with Gasteiger partial charge in [0.2, 0.25) is 0 Å². The number of carbonyl (C=O) groups excluding carboxylic acids is 1. The summed E-state index contributed by atoms with van der Waals surface area (Å²) in [6.07, 6.45) is 1.60. The molecule has 0 fully saturated rings. The van der Waals surface area contributed by atoms with Gasteiger partial charge in [0.1, 0.15) is 0 Å². The van der Waals surface area contributed by atoms with Crippen LogP contribution in [0.1, 0.15) is 32.0 Å². The molecule has 2 N–H and O–H groups in total. The number of hydrogen-bond donors (Lipinski definition) is 2. The fourth-order valence-corrected chi connectivity index (χ4v) is 2.02. The van der Waals surface area contributed by atoms with Gasteiger partial charge in [-0.2, -0.15) is 5.10 Å². The van der Waals surface area contributed by atoms with Crippen LogP contribution in [-0.2, 0) is 7.05 Å². The number of rotatable bonds is 3. The lowest BCUT2D eigenvalue weighted by Crippen LogP contribution is -2.16. The summed E-state index contributed by atoms with van der Waals surface area (Å²) >= 11 is 0. The number of aromatic nitrogens is 2. The van der Waals surface area contributed by atoms with Crippen molar-refractivity contribution in [3.63, 3.8) is 0 Å². The summed E-state index contributed by atoms with van der Waals surface area (Å²) in [5.74, 6) is -1.45. The van der Waals surface area contributed by atoms with Crippen LogP contribution < -0.4 is 5.32 Å². The first-order valence-electron chi connectivity index (χ1n) is 6.04. The van der Waals surface area contributed by atoms with Crippen LogP contribution in [0.15, 0.2) is 24.4 Å². The molecule has 0 unspecified atom stereocenters. The second-order valence-electron chi connectivity index (χ2n) is 4.56. The number of carbonyl (C=O) groups is 2. The summed E-state index contributed by atoms with van der Waals surface area (Å²) in [7, 11) is 1.72. The average Bonchev–Trinajstić information content (AvgIpc) is 2.70. The molecular formula is C14H15N3O3. The summed E-state index contributed by atoms with van der Waals surface area (Å²) in [5.41, 5.74) is 2.09. The summed E-state index contributed by atoms with van der Waals surface area (Å²) in [6.45, 7) is 3.48. The third-order valence-electron chi connectivity index (χ3n) is 3.00. The Labute approximate surface area is 116 Å². The van der Waals surface area contributed by atoms with E-state index in [1.165, 1.54) is 6.07 Å². The number of carboxylic acids is 1. The number of para-hydroxylation sites is 1. The van der Waals surface area contributed by atoms with Crippen LogP contribution in [0.3, 0.4) is 0 Å². The first-order valence-corrected chi connectivity index (χ1v) is 6.04. The number of anilines is 1. The van der Waals surface area contributed by atoms with Gasteiger partial charge in [-0.1, -0.05) is 12.1 Å². The summed E-state index contributed by atoms with van der Waals surface area (Å²) in [6, 6.07) is 4.85. The van der Waals surface area contributed by atoms with Crippen molar-refractivity contribution in [1.82, 2.24) is 9.78 Å². The van der Waals surface area contributed by atoms with Crippen molar-refractivity contribution in [1.29, 1.82) is 0 Å². The second kappa shape index (κ2) is 5.16. The van der Waals surface area contributed by atoms with Gasteiger partial charge in [-0.05, 0) is 25.5 Å². The average molecular weight is 273 g/mol. The number of carboxylic acid groups (broad SMARTS) is 1. The van der Waals surface area contributed by atoms with E-state index in [2.05, 4.69) is 10.4 Å². The Bertz CT molecular complexity index is 689. The summed E-state index contributed by atoms with van der Waals surface area (Å²) in [4.78, 5) is 23.4. The Balaban J connectivity index is 2.37. The molecule has 0 radical (unpaired) electrons. The maximum atomic E-state index is 12.2. The fraction of sp³-hybridized carbons (Fsp3) is 0.214. The molecule has 0 aliphatic carbocycles. The molecule has 0 bridgehead atoms. The summed E-state index contributed by atoms with van der Waals surface area (Å²) < 4.78 is 1.54. The van der Waals surface area contributed by atoms with Crippen LogP contribution in [0.25, 0.3) is 0 Å². The number of aromatic carboxylic acids is 1. The normalized spacial score (nSPS) is 10.3. The molecule has 2 rings (SSSR count). The zero-order valence-electron chi connectivity index (χ0n) is 11.5. The van der Waals surface area contributed by atoms with Gasteiger partial charge in [0.25, 0.3) is 5.91 Å². The van der Waals surface area contributed by atoms with Gasteiger partial charge >= 0.3 is 5.97 Å². The van der Waals surface area contributed by atoms with Gasteiger partial charge in [0.15, 0.2) is 0 Å². The molecule has 2 aromatic rings. The van der Waals surface area contributed by atoms with Gasteiger partial charge < -0.3 is 10.4 Å². The van der Waals surface area contributed by atoms with E-state index in [-0.39, 0.29) is 11.5 Å². The Morgan fingerprint density at radius 3 is 2.50 bits per heavy atom. The van der Waals surface area contributed by atoms with Crippen LogP contribution in [0.4, 0.5) is 5.69 Å². The standard InChI is InChI=1S/C14H15N3O3/c1-8-5-4-6-10(14(19)20)12(8)15-13(18)11-7-17(3)16-9(11)2/h4-7H,1-3H3,(H,15,18)(H,19,20). The minimum Gasteiger partial charge on any atom is -0.478 e. The predicted octanol–water partition coefficient (Wildman–Crippen LogP) is 1.99. The fourth-order valence-electron chi connectivity index (χ4n) is 2.02. The Morgan fingerprint density at radius 2 is 1.95 bits per heavy atom. The largest absolute Gasteiger partial charge is 0.478 e. The van der Waals surface area contributed by atoms with Crippen molar-refractivity contribution in [3.05, 3.63) is 46.8 Å². The molecule has 0 saturated heterocycles. The third-order valence-corrected chi connectivity index (χ3v) is 3.00. The first kappa shape index (κ1) is 13.8. The monoisotopic (exact) mass is 273 g/mol. The van der Waals surface area contributed by atoms with E-state index in [1.807, 2.05) is 0 Å². The molecule has 20 heavy (non-hydrogen) atoms. The van der Waals surface area contributed by atoms with Crippen molar-refractivity contribution in [2.24, 2.45) is 7.05 Å². The highest BCUT2D eigenvalue weighted by atomic mass is 16.4. The molecule has 0 atom stereocenters. The van der Waals surface area contributed by atoms with Crippen molar-refractivity contribution < 1.29 is 14.7 Å². The van der Waals surface area contributed by atoms with E-state index >= 15 is 0 Å². The van der Waals surface area contributed by atoms with Crippen LogP contribution in [-0.4, -0.2) is 26.8 Å². The molecular weight excluding hydrogens is 258 g/mol. The van der Waals surface area contributed by atoms with E-state index in [0.717, 1.165) is 0 Å². The Hall–Kier alpha value is -2.63. The van der Waals surface area contributed by atoms with Gasteiger partial charge in [-0.25, -0.2) is 4.79 Å². The van der Waals surface area contributed by atoms with Crippen molar-refractivity contribution in [2.45, 2.75) is 13.8 Å². The maximum Gasteiger partial charge on any atom is 0.337 e. The minimum atomic E-state index is -1.08. The Kier molecular flexibility index (Phi) is 3.56. The molecule has 1 aromatic carbocycles.